The fourth-order valence-corrected chi connectivity index (χ4v) is 3.37. The zero-order valence-electron chi connectivity index (χ0n) is 15.6. The van der Waals surface area contributed by atoms with Crippen molar-refractivity contribution >= 4 is 12.0 Å². The Kier molecular flexibility index (Phi) is 6.59. The lowest BCUT2D eigenvalue weighted by Gasteiger charge is -2.30. The summed E-state index contributed by atoms with van der Waals surface area (Å²) in [6, 6.07) is 8.87. The maximum atomic E-state index is 11.4. The average molecular weight is 345 g/mol. The summed E-state index contributed by atoms with van der Waals surface area (Å²) in [7, 11) is 0. The van der Waals surface area contributed by atoms with E-state index in [9.17, 15) is 4.79 Å². The third kappa shape index (κ3) is 6.16. The maximum Gasteiger partial charge on any atom is 0.313 e. The van der Waals surface area contributed by atoms with Gasteiger partial charge in [0.25, 0.3) is 6.02 Å². The van der Waals surface area contributed by atoms with Crippen LogP contribution in [0.4, 0.5) is 0 Å². The molecule has 1 aliphatic rings. The lowest BCUT2D eigenvalue weighted by atomic mass is 9.84. The van der Waals surface area contributed by atoms with E-state index in [4.69, 9.17) is 11.1 Å². The predicted octanol–water partition coefficient (Wildman–Crippen LogP) is 3.63. The van der Waals surface area contributed by atoms with E-state index in [0.717, 1.165) is 25.8 Å². The second-order valence-electron chi connectivity index (χ2n) is 8.01. The van der Waals surface area contributed by atoms with Crippen molar-refractivity contribution in [1.82, 2.24) is 5.32 Å². The van der Waals surface area contributed by atoms with Gasteiger partial charge in [-0.05, 0) is 54.7 Å². The number of piperidine rings is 1. The summed E-state index contributed by atoms with van der Waals surface area (Å²) in [6.45, 7) is 7.68. The van der Waals surface area contributed by atoms with Crippen LogP contribution in [-0.2, 0) is 14.9 Å². The van der Waals surface area contributed by atoms with E-state index in [2.05, 4.69) is 55.1 Å². The number of nitrogens with one attached hydrogen (secondary N) is 2. The third-order valence-electron chi connectivity index (χ3n) is 4.91. The van der Waals surface area contributed by atoms with Gasteiger partial charge in [0.2, 0.25) is 0 Å². The zero-order valence-corrected chi connectivity index (χ0v) is 15.6. The summed E-state index contributed by atoms with van der Waals surface area (Å²) in [4.78, 5) is 11.4. The van der Waals surface area contributed by atoms with Crippen molar-refractivity contribution in [2.24, 2.45) is 11.7 Å². The Morgan fingerprint density at radius 2 is 1.96 bits per heavy atom. The van der Waals surface area contributed by atoms with Crippen LogP contribution in [0.5, 0.6) is 0 Å². The van der Waals surface area contributed by atoms with Crippen LogP contribution in [-0.4, -0.2) is 18.5 Å². The molecule has 0 aliphatic carbocycles. The van der Waals surface area contributed by atoms with E-state index in [1.165, 1.54) is 17.5 Å². The van der Waals surface area contributed by atoms with Crippen molar-refractivity contribution in [3.8, 4) is 0 Å². The Hall–Kier alpha value is -1.88. The smallest absolute Gasteiger partial charge is 0.313 e. The first kappa shape index (κ1) is 19.4. The molecule has 0 amide bonds. The van der Waals surface area contributed by atoms with Crippen molar-refractivity contribution in [3.63, 3.8) is 0 Å². The van der Waals surface area contributed by atoms with Gasteiger partial charge in [0.05, 0.1) is 0 Å². The first-order valence-electron chi connectivity index (χ1n) is 9.14. The molecule has 0 saturated carbocycles. The fourth-order valence-electron chi connectivity index (χ4n) is 3.37. The second-order valence-corrected chi connectivity index (χ2v) is 8.01. The second kappa shape index (κ2) is 8.48. The molecule has 1 heterocycles. The van der Waals surface area contributed by atoms with Gasteiger partial charge < -0.3 is 15.8 Å². The topological polar surface area (TPSA) is 88.2 Å². The zero-order chi connectivity index (χ0) is 18.4. The molecule has 2 atom stereocenters. The Morgan fingerprint density at radius 3 is 2.48 bits per heavy atom. The lowest BCUT2D eigenvalue weighted by Crippen LogP contribution is -2.33. The van der Waals surface area contributed by atoms with Gasteiger partial charge in [-0.25, -0.2) is 0 Å². The minimum atomic E-state index is -0.523. The number of nitrogens with two attached hydrogens (primary N) is 1. The van der Waals surface area contributed by atoms with Gasteiger partial charge in [-0.2, -0.15) is 0 Å². The lowest BCUT2D eigenvalue weighted by molar-refractivity contribution is -0.135. The number of carbonyl (C=O) groups is 1. The van der Waals surface area contributed by atoms with Crippen LogP contribution in [0.2, 0.25) is 0 Å². The summed E-state index contributed by atoms with van der Waals surface area (Å²) >= 11 is 0. The average Bonchev–Trinajstić information content (AvgIpc) is 2.54. The molecule has 0 aromatic heterocycles. The molecular weight excluding hydrogens is 314 g/mol. The van der Waals surface area contributed by atoms with Crippen LogP contribution >= 0.6 is 0 Å². The molecule has 2 unspecified atom stereocenters. The molecule has 2 rings (SSSR count). The SMILES string of the molecule is CC(C)(C)c1ccc(C2CCC(CCCC(=O)OC(=N)N)CN2)cc1. The monoisotopic (exact) mass is 345 g/mol. The molecule has 1 fully saturated rings. The Morgan fingerprint density at radius 1 is 1.28 bits per heavy atom. The highest BCUT2D eigenvalue weighted by atomic mass is 16.5. The minimum absolute atomic E-state index is 0.188. The molecule has 1 aromatic rings. The number of rotatable bonds is 5. The molecule has 0 radical (unpaired) electrons. The molecular formula is C20H31N3O2. The van der Waals surface area contributed by atoms with E-state index in [1.807, 2.05) is 0 Å². The highest BCUT2D eigenvalue weighted by Crippen LogP contribution is 2.30. The Labute approximate surface area is 150 Å². The van der Waals surface area contributed by atoms with Crippen molar-refractivity contribution in [2.75, 3.05) is 6.54 Å². The van der Waals surface area contributed by atoms with Crippen LogP contribution in [0.25, 0.3) is 0 Å². The van der Waals surface area contributed by atoms with Crippen molar-refractivity contribution < 1.29 is 9.53 Å². The van der Waals surface area contributed by atoms with Gasteiger partial charge in [0.15, 0.2) is 0 Å². The normalized spacial score (nSPS) is 20.9. The summed E-state index contributed by atoms with van der Waals surface area (Å²) in [5.74, 6) is 0.184. The summed E-state index contributed by atoms with van der Waals surface area (Å²) in [5.41, 5.74) is 7.95. The highest BCUT2D eigenvalue weighted by Gasteiger charge is 2.22. The number of benzene rings is 1. The Bertz CT molecular complexity index is 582. The first-order valence-corrected chi connectivity index (χ1v) is 9.14. The molecule has 1 saturated heterocycles. The molecule has 4 N–H and O–H groups in total. The van der Waals surface area contributed by atoms with Crippen LogP contribution in [0, 0.1) is 11.3 Å². The minimum Gasteiger partial charge on any atom is -0.393 e. The number of hydrogen-bond acceptors (Lipinski definition) is 4. The van der Waals surface area contributed by atoms with Gasteiger partial charge in [0.1, 0.15) is 0 Å². The highest BCUT2D eigenvalue weighted by molar-refractivity contribution is 5.84. The maximum absolute atomic E-state index is 11.4. The van der Waals surface area contributed by atoms with E-state index >= 15 is 0 Å². The molecule has 0 bridgehead atoms. The number of esters is 1. The number of amidine groups is 1. The molecule has 1 aromatic carbocycles. The van der Waals surface area contributed by atoms with Crippen LogP contribution < -0.4 is 11.1 Å². The van der Waals surface area contributed by atoms with Crippen molar-refractivity contribution in [2.45, 2.75) is 64.3 Å². The van der Waals surface area contributed by atoms with Crippen LogP contribution in [0.15, 0.2) is 24.3 Å². The van der Waals surface area contributed by atoms with Gasteiger partial charge in [-0.15, -0.1) is 0 Å². The van der Waals surface area contributed by atoms with Gasteiger partial charge in [-0.1, -0.05) is 45.0 Å². The quantitative estimate of drug-likeness (QED) is 0.432. The van der Waals surface area contributed by atoms with Gasteiger partial charge in [0, 0.05) is 12.5 Å². The summed E-state index contributed by atoms with van der Waals surface area (Å²) in [5, 5.41) is 10.6. The van der Waals surface area contributed by atoms with E-state index < -0.39 is 12.0 Å². The molecule has 25 heavy (non-hydrogen) atoms. The van der Waals surface area contributed by atoms with Crippen LogP contribution in [0.3, 0.4) is 0 Å². The molecule has 5 heteroatoms. The Balaban J connectivity index is 1.74. The molecule has 0 spiro atoms. The molecule has 5 nitrogen and oxygen atoms in total. The van der Waals surface area contributed by atoms with Gasteiger partial charge >= 0.3 is 5.97 Å². The first-order chi connectivity index (χ1) is 11.8. The molecule has 1 aliphatic heterocycles. The largest absolute Gasteiger partial charge is 0.393 e. The number of ether oxygens (including phenoxy) is 1. The van der Waals surface area contributed by atoms with Crippen molar-refractivity contribution in [3.05, 3.63) is 35.4 Å². The van der Waals surface area contributed by atoms with Gasteiger partial charge in [-0.3, -0.25) is 10.2 Å². The van der Waals surface area contributed by atoms with E-state index in [0.29, 0.717) is 18.4 Å². The van der Waals surface area contributed by atoms with E-state index in [-0.39, 0.29) is 5.41 Å². The van der Waals surface area contributed by atoms with Crippen LogP contribution in [0.1, 0.15) is 70.0 Å². The number of carbonyl (C=O) groups excluding carboxylic acids is 1. The summed E-state index contributed by atoms with van der Waals surface area (Å²) in [6.07, 6.45) is 4.39. The van der Waals surface area contributed by atoms with Crippen molar-refractivity contribution in [1.29, 1.82) is 5.41 Å². The third-order valence-corrected chi connectivity index (χ3v) is 4.91. The summed E-state index contributed by atoms with van der Waals surface area (Å²) < 4.78 is 4.55. The standard InChI is InChI=1S/C20H31N3O2/c1-20(2,3)16-10-8-15(9-11-16)17-12-7-14(13-23-17)5-4-6-18(24)25-19(21)22/h8-11,14,17,23H,4-7,12-13H2,1-3H3,(H3,21,22). The number of hydrogen-bond donors (Lipinski definition) is 3. The fraction of sp³-hybridized carbons (Fsp3) is 0.600. The van der Waals surface area contributed by atoms with E-state index in [1.54, 1.807) is 0 Å². The predicted molar refractivity (Wildman–Crippen MR) is 100 cm³/mol. The molecule has 138 valence electrons.